The zero-order valence-electron chi connectivity index (χ0n) is 22.9. The summed E-state index contributed by atoms with van der Waals surface area (Å²) in [5, 5.41) is 9.52. The van der Waals surface area contributed by atoms with Crippen molar-refractivity contribution in [2.24, 2.45) is 0 Å². The van der Waals surface area contributed by atoms with Crippen molar-refractivity contribution in [2.45, 2.75) is 19.3 Å². The third-order valence-corrected chi connectivity index (χ3v) is 9.42. The van der Waals surface area contributed by atoms with Crippen molar-refractivity contribution in [2.75, 3.05) is 0 Å². The van der Waals surface area contributed by atoms with Gasteiger partial charge in [-0.15, -0.1) is 0 Å². The summed E-state index contributed by atoms with van der Waals surface area (Å²) in [5.41, 5.74) is 8.26. The number of halogens is 1. The molecule has 0 aliphatic heterocycles. The van der Waals surface area contributed by atoms with Crippen molar-refractivity contribution < 1.29 is 4.39 Å². The SMILES string of the molecule is CC1(C)c2ccccc2-c2cc3c4cc(F)ccc4n(-c4ccc5c6ccccc6c6ccccc6c5c4)c3cc21. The van der Waals surface area contributed by atoms with Crippen molar-refractivity contribution in [1.82, 2.24) is 4.57 Å². The Labute approximate surface area is 237 Å². The number of hydrogen-bond acceptors (Lipinski definition) is 0. The number of aromatic nitrogens is 1. The van der Waals surface area contributed by atoms with E-state index in [2.05, 4.69) is 122 Å². The summed E-state index contributed by atoms with van der Waals surface area (Å²) < 4.78 is 17.1. The summed E-state index contributed by atoms with van der Waals surface area (Å²) in [7, 11) is 0. The number of hydrogen-bond donors (Lipinski definition) is 0. The van der Waals surface area contributed by atoms with E-state index >= 15 is 0 Å². The molecule has 1 aliphatic rings. The Morgan fingerprint density at radius 3 is 1.80 bits per heavy atom. The Hall–Kier alpha value is -4.95. The third-order valence-electron chi connectivity index (χ3n) is 9.42. The normalized spacial score (nSPS) is 13.9. The Morgan fingerprint density at radius 2 is 1.07 bits per heavy atom. The van der Waals surface area contributed by atoms with Gasteiger partial charge >= 0.3 is 0 Å². The molecule has 0 saturated carbocycles. The molecule has 0 amide bonds. The molecule has 1 nitrogen and oxygen atoms in total. The molecule has 0 N–H and O–H groups in total. The van der Waals surface area contributed by atoms with Crippen LogP contribution < -0.4 is 0 Å². The van der Waals surface area contributed by atoms with Crippen molar-refractivity contribution in [3.8, 4) is 16.8 Å². The maximum atomic E-state index is 14.7. The van der Waals surface area contributed by atoms with Crippen LogP contribution in [0.25, 0.3) is 70.9 Å². The molecule has 0 saturated heterocycles. The van der Waals surface area contributed by atoms with Gasteiger partial charge in [0.05, 0.1) is 11.0 Å². The Morgan fingerprint density at radius 1 is 0.463 bits per heavy atom. The van der Waals surface area contributed by atoms with Gasteiger partial charge in [0.25, 0.3) is 0 Å². The highest BCUT2D eigenvalue weighted by atomic mass is 19.1. The Balaban J connectivity index is 1.41. The average Bonchev–Trinajstić information content (AvgIpc) is 3.44. The van der Waals surface area contributed by atoms with Gasteiger partial charge in [-0.25, -0.2) is 4.39 Å². The van der Waals surface area contributed by atoms with Gasteiger partial charge in [0.2, 0.25) is 0 Å². The van der Waals surface area contributed by atoms with Crippen LogP contribution in [0, 0.1) is 5.82 Å². The highest BCUT2D eigenvalue weighted by Gasteiger charge is 2.36. The number of fused-ring (bicyclic) bond motifs is 12. The predicted molar refractivity (Wildman–Crippen MR) is 171 cm³/mol. The van der Waals surface area contributed by atoms with Gasteiger partial charge in [0.15, 0.2) is 0 Å². The summed E-state index contributed by atoms with van der Waals surface area (Å²) in [6, 6.07) is 42.7. The van der Waals surface area contributed by atoms with Crippen LogP contribution in [0.2, 0.25) is 0 Å². The van der Waals surface area contributed by atoms with E-state index in [-0.39, 0.29) is 11.2 Å². The van der Waals surface area contributed by atoms with Crippen molar-refractivity contribution in [1.29, 1.82) is 0 Å². The standard InChI is InChI=1S/C39H26FN/c1-39(2)35-14-8-7-13-30(35)32-21-34-33-19-23(40)15-18-37(33)41(38(34)22-36(32)39)24-16-17-29-27-11-4-3-9-25(27)26-10-5-6-12-28(26)31(29)20-24/h3-22H,1-2H3. The van der Waals surface area contributed by atoms with Gasteiger partial charge in [0, 0.05) is 21.9 Å². The summed E-state index contributed by atoms with van der Waals surface area (Å²) in [6.07, 6.45) is 0. The maximum absolute atomic E-state index is 14.7. The van der Waals surface area contributed by atoms with Crippen LogP contribution in [0.15, 0.2) is 121 Å². The minimum Gasteiger partial charge on any atom is -0.309 e. The minimum atomic E-state index is -0.214. The Bertz CT molecular complexity index is 2370. The van der Waals surface area contributed by atoms with E-state index in [0.717, 1.165) is 27.5 Å². The molecule has 1 aromatic heterocycles. The summed E-state index contributed by atoms with van der Waals surface area (Å²) in [5.74, 6) is -0.214. The number of benzene rings is 7. The van der Waals surface area contributed by atoms with E-state index in [9.17, 15) is 4.39 Å². The molecule has 8 aromatic rings. The predicted octanol–water partition coefficient (Wildman–Crippen LogP) is 10.7. The lowest BCUT2D eigenvalue weighted by molar-refractivity contribution is 0.629. The molecule has 0 spiro atoms. The second kappa shape index (κ2) is 7.83. The van der Waals surface area contributed by atoms with Gasteiger partial charge in [-0.1, -0.05) is 92.7 Å². The van der Waals surface area contributed by atoms with Gasteiger partial charge in [-0.2, -0.15) is 0 Å². The fourth-order valence-electron chi connectivity index (χ4n) is 7.50. The zero-order valence-corrected chi connectivity index (χ0v) is 22.9. The number of nitrogens with zero attached hydrogens (tertiary/aromatic N) is 1. The van der Waals surface area contributed by atoms with E-state index < -0.39 is 0 Å². The molecule has 1 aliphatic carbocycles. The van der Waals surface area contributed by atoms with E-state index in [1.165, 1.54) is 54.6 Å². The molecule has 7 aromatic carbocycles. The quantitative estimate of drug-likeness (QED) is 0.187. The lowest BCUT2D eigenvalue weighted by Crippen LogP contribution is -2.14. The monoisotopic (exact) mass is 527 g/mol. The summed E-state index contributed by atoms with van der Waals surface area (Å²) in [6.45, 7) is 4.62. The Kier molecular flexibility index (Phi) is 4.36. The molecule has 1 heterocycles. The van der Waals surface area contributed by atoms with Crippen LogP contribution in [-0.2, 0) is 5.41 Å². The largest absolute Gasteiger partial charge is 0.309 e. The smallest absolute Gasteiger partial charge is 0.123 e. The first-order valence-electron chi connectivity index (χ1n) is 14.2. The van der Waals surface area contributed by atoms with Gasteiger partial charge in [-0.3, -0.25) is 0 Å². The molecular weight excluding hydrogens is 501 g/mol. The average molecular weight is 528 g/mol. The molecule has 0 unspecified atom stereocenters. The maximum Gasteiger partial charge on any atom is 0.123 e. The molecule has 194 valence electrons. The van der Waals surface area contributed by atoms with E-state index in [0.29, 0.717) is 0 Å². The molecule has 0 bridgehead atoms. The summed E-state index contributed by atoms with van der Waals surface area (Å²) in [4.78, 5) is 0. The van der Waals surface area contributed by atoms with Gasteiger partial charge in [0.1, 0.15) is 5.82 Å². The van der Waals surface area contributed by atoms with Crippen LogP contribution >= 0.6 is 0 Å². The topological polar surface area (TPSA) is 4.93 Å². The van der Waals surface area contributed by atoms with Gasteiger partial charge < -0.3 is 4.57 Å². The molecule has 9 rings (SSSR count). The lowest BCUT2D eigenvalue weighted by atomic mass is 9.82. The van der Waals surface area contributed by atoms with Crippen LogP contribution in [-0.4, -0.2) is 4.57 Å². The fraction of sp³-hybridized carbons (Fsp3) is 0.0769. The second-order valence-electron chi connectivity index (χ2n) is 11.9. The molecule has 0 fully saturated rings. The molecule has 41 heavy (non-hydrogen) atoms. The first kappa shape index (κ1) is 22.8. The summed E-state index contributed by atoms with van der Waals surface area (Å²) >= 11 is 0. The van der Waals surface area contributed by atoms with Crippen molar-refractivity contribution >= 4 is 54.1 Å². The third kappa shape index (κ3) is 2.94. The van der Waals surface area contributed by atoms with Crippen LogP contribution in [0.5, 0.6) is 0 Å². The van der Waals surface area contributed by atoms with Crippen molar-refractivity contribution in [3.63, 3.8) is 0 Å². The van der Waals surface area contributed by atoms with E-state index in [4.69, 9.17) is 0 Å². The molecule has 0 atom stereocenters. The van der Waals surface area contributed by atoms with Crippen LogP contribution in [0.3, 0.4) is 0 Å². The number of rotatable bonds is 1. The first-order valence-corrected chi connectivity index (χ1v) is 14.2. The van der Waals surface area contributed by atoms with Crippen LogP contribution in [0.1, 0.15) is 25.0 Å². The highest BCUT2D eigenvalue weighted by molar-refractivity contribution is 6.25. The highest BCUT2D eigenvalue weighted by Crippen LogP contribution is 2.51. The van der Waals surface area contributed by atoms with Crippen LogP contribution in [0.4, 0.5) is 4.39 Å². The van der Waals surface area contributed by atoms with E-state index in [1.54, 1.807) is 12.1 Å². The minimum absolute atomic E-state index is 0.120. The fourth-order valence-corrected chi connectivity index (χ4v) is 7.50. The molecular formula is C39H26FN. The lowest BCUT2D eigenvalue weighted by Gasteiger charge is -2.21. The van der Waals surface area contributed by atoms with E-state index in [1.807, 2.05) is 6.07 Å². The first-order chi connectivity index (χ1) is 20.0. The second-order valence-corrected chi connectivity index (χ2v) is 11.9. The van der Waals surface area contributed by atoms with Gasteiger partial charge in [-0.05, 0) is 97.0 Å². The molecule has 0 radical (unpaired) electrons. The molecule has 2 heteroatoms. The zero-order chi connectivity index (χ0) is 27.5. The van der Waals surface area contributed by atoms with Crippen molar-refractivity contribution in [3.05, 3.63) is 138 Å².